The zero-order valence-corrected chi connectivity index (χ0v) is 41.8. The summed E-state index contributed by atoms with van der Waals surface area (Å²) in [5.74, 6) is 6.87. The summed E-state index contributed by atoms with van der Waals surface area (Å²) in [4.78, 5) is 18.7. The largest absolute Gasteiger partial charge is 0.354 e. The molecule has 4 aromatic carbocycles. The topological polar surface area (TPSA) is 57.4 Å². The number of fused-ring (bicyclic) bond motifs is 8. The molecule has 0 unspecified atom stereocenters. The van der Waals surface area contributed by atoms with Gasteiger partial charge in [0.05, 0.1) is 22.8 Å². The van der Waals surface area contributed by atoms with Crippen molar-refractivity contribution in [3.63, 3.8) is 0 Å². The Labute approximate surface area is 393 Å². The molecule has 0 saturated carbocycles. The van der Waals surface area contributed by atoms with Gasteiger partial charge < -0.3 is 9.97 Å². The van der Waals surface area contributed by atoms with Crippen LogP contribution < -0.4 is 0 Å². The quantitative estimate of drug-likeness (QED) is 0.105. The molecule has 2 aliphatic heterocycles. The van der Waals surface area contributed by atoms with Gasteiger partial charge in [-0.2, -0.15) is 0 Å². The van der Waals surface area contributed by atoms with E-state index in [0.29, 0.717) is 0 Å². The van der Waals surface area contributed by atoms with Gasteiger partial charge in [0.1, 0.15) is 16.1 Å². The SMILES string of the molecule is C[Si](C)(C)C#Cc1ccc(-c2c3nc(c(-c4ccc(I)cc4)c4ccc([nH]4)c(-c4ccc(C#C[Si](C)(C)C)cc4)c4nc(c(-c5ccc(I)cc5)c5ccc2[nH]5)C=C4)C=C3)cc1. The summed E-state index contributed by atoms with van der Waals surface area (Å²) in [6.45, 7) is 13.6. The molecule has 0 aliphatic carbocycles. The fourth-order valence-corrected chi connectivity index (χ4v) is 9.37. The number of hydrogen-bond donors (Lipinski definition) is 2. The number of nitrogens with zero attached hydrogens (tertiary/aromatic N) is 2. The van der Waals surface area contributed by atoms with E-state index in [1.165, 1.54) is 7.14 Å². The fourth-order valence-electron chi connectivity index (χ4n) is 7.61. The van der Waals surface area contributed by atoms with Crippen LogP contribution in [-0.4, -0.2) is 36.1 Å². The van der Waals surface area contributed by atoms with E-state index >= 15 is 0 Å². The van der Waals surface area contributed by atoms with E-state index in [-0.39, 0.29) is 0 Å². The summed E-state index contributed by atoms with van der Waals surface area (Å²) in [6, 6.07) is 43.3. The zero-order chi connectivity index (χ0) is 43.2. The first kappa shape index (κ1) is 41.8. The third-order valence-corrected chi connectivity index (χ3v) is 13.7. The Hall–Kier alpha value is -5.51. The van der Waals surface area contributed by atoms with Crippen molar-refractivity contribution in [3.05, 3.63) is 162 Å². The lowest BCUT2D eigenvalue weighted by molar-refractivity contribution is 1.31. The van der Waals surface area contributed by atoms with E-state index in [1.54, 1.807) is 0 Å². The van der Waals surface area contributed by atoms with Gasteiger partial charge in [0, 0.05) is 62.6 Å². The third kappa shape index (κ3) is 9.16. The van der Waals surface area contributed by atoms with E-state index < -0.39 is 16.1 Å². The first-order valence-electron chi connectivity index (χ1n) is 20.7. The lowest BCUT2D eigenvalue weighted by atomic mass is 10.0. The number of rotatable bonds is 4. The molecule has 9 rings (SSSR count). The van der Waals surface area contributed by atoms with Crippen LogP contribution in [0.1, 0.15) is 33.9 Å². The number of halogens is 2. The van der Waals surface area contributed by atoms with Gasteiger partial charge >= 0.3 is 0 Å². The first-order chi connectivity index (χ1) is 29.7. The fraction of sp³-hybridized carbons (Fsp3) is 0.111. The highest BCUT2D eigenvalue weighted by molar-refractivity contribution is 14.1. The van der Waals surface area contributed by atoms with Crippen molar-refractivity contribution in [1.29, 1.82) is 0 Å². The molecular weight excluding hydrogens is 1010 g/mol. The highest BCUT2D eigenvalue weighted by Gasteiger charge is 2.19. The van der Waals surface area contributed by atoms with E-state index in [4.69, 9.17) is 9.97 Å². The average Bonchev–Trinajstić information content (AvgIpc) is 4.09. The Kier molecular flexibility index (Phi) is 11.5. The highest BCUT2D eigenvalue weighted by Crippen LogP contribution is 2.39. The van der Waals surface area contributed by atoms with Gasteiger partial charge in [-0.3, -0.25) is 0 Å². The molecule has 5 heterocycles. The second-order valence-corrected chi connectivity index (χ2v) is 29.7. The molecule has 7 aromatic rings. The van der Waals surface area contributed by atoms with Gasteiger partial charge in [-0.15, -0.1) is 11.1 Å². The van der Waals surface area contributed by atoms with Crippen LogP contribution in [0.2, 0.25) is 39.3 Å². The maximum Gasteiger partial charge on any atom is 0.129 e. The molecular formula is C54H44I2N4Si2. The lowest BCUT2D eigenvalue weighted by Gasteiger charge is -2.08. The molecule has 2 N–H and O–H groups in total. The zero-order valence-electron chi connectivity index (χ0n) is 35.5. The summed E-state index contributed by atoms with van der Waals surface area (Å²) < 4.78 is 2.35. The minimum Gasteiger partial charge on any atom is -0.354 e. The summed E-state index contributed by atoms with van der Waals surface area (Å²) >= 11 is 4.74. The van der Waals surface area contributed by atoms with Gasteiger partial charge in [0.2, 0.25) is 0 Å². The molecule has 302 valence electrons. The molecule has 0 atom stereocenters. The molecule has 8 bridgehead atoms. The molecule has 0 fully saturated rings. The molecule has 3 aromatic heterocycles. The summed E-state index contributed by atoms with van der Waals surface area (Å²) in [5, 5.41) is 0. The molecule has 2 aliphatic rings. The predicted molar refractivity (Wildman–Crippen MR) is 286 cm³/mol. The van der Waals surface area contributed by atoms with Crippen LogP contribution in [-0.2, 0) is 0 Å². The van der Waals surface area contributed by atoms with Gasteiger partial charge in [0.15, 0.2) is 0 Å². The Morgan fingerprint density at radius 2 is 0.629 bits per heavy atom. The minimum atomic E-state index is -1.54. The van der Waals surface area contributed by atoms with Gasteiger partial charge in [-0.1, -0.05) is 99.7 Å². The predicted octanol–water partition coefficient (Wildman–Crippen LogP) is 15.0. The van der Waals surface area contributed by atoms with E-state index in [9.17, 15) is 0 Å². The molecule has 62 heavy (non-hydrogen) atoms. The van der Waals surface area contributed by atoms with Crippen molar-refractivity contribution >= 4 is 108 Å². The maximum atomic E-state index is 5.48. The first-order valence-corrected chi connectivity index (χ1v) is 29.9. The van der Waals surface area contributed by atoms with Crippen LogP contribution in [0.25, 0.3) is 90.9 Å². The highest BCUT2D eigenvalue weighted by atomic mass is 127. The van der Waals surface area contributed by atoms with Crippen molar-refractivity contribution in [1.82, 2.24) is 19.9 Å². The van der Waals surface area contributed by atoms with Crippen molar-refractivity contribution < 1.29 is 0 Å². The lowest BCUT2D eigenvalue weighted by Crippen LogP contribution is -2.16. The van der Waals surface area contributed by atoms with Crippen LogP contribution in [0.15, 0.2) is 121 Å². The smallest absolute Gasteiger partial charge is 0.129 e. The Balaban J connectivity index is 1.38. The number of aromatic nitrogens is 4. The van der Waals surface area contributed by atoms with Crippen LogP contribution in [0.3, 0.4) is 0 Å². The summed E-state index contributed by atoms with van der Waals surface area (Å²) in [7, 11) is -3.07. The van der Waals surface area contributed by atoms with E-state index in [0.717, 1.165) is 100 Å². The molecule has 0 amide bonds. The average molecular weight is 1060 g/mol. The standard InChI is InChI=1S/C54H44I2N4Si2/c1-61(2,3)33-31-35-7-11-37(12-8-35)51-43-23-27-47(57-43)53(39-15-19-41(55)20-16-39)49-29-25-45(59-49)52(38-13-9-36(10-14-38)32-34-62(4,5)6)46-26-30-50(60-46)54(48-28-24-44(51)58-48)40-17-21-42(56)22-18-40/h7-30,57,60H,1-6H3. The molecule has 0 saturated heterocycles. The van der Waals surface area contributed by atoms with Crippen molar-refractivity contribution in [3.8, 4) is 67.4 Å². The Bertz CT molecular complexity index is 3020. The van der Waals surface area contributed by atoms with Gasteiger partial charge in [-0.25, -0.2) is 9.97 Å². The normalized spacial score (nSPS) is 12.1. The third-order valence-electron chi connectivity index (χ3n) is 10.5. The summed E-state index contributed by atoms with van der Waals surface area (Å²) in [5.41, 5.74) is 24.8. The minimum absolute atomic E-state index is 0.880. The van der Waals surface area contributed by atoms with Crippen LogP contribution in [0.5, 0.6) is 0 Å². The van der Waals surface area contributed by atoms with Crippen LogP contribution in [0.4, 0.5) is 0 Å². The van der Waals surface area contributed by atoms with Gasteiger partial charge in [-0.05, 0) is 165 Å². The van der Waals surface area contributed by atoms with Crippen molar-refractivity contribution in [2.45, 2.75) is 39.3 Å². The number of H-pyrrole nitrogens is 2. The second-order valence-electron chi connectivity index (χ2n) is 17.7. The van der Waals surface area contributed by atoms with Crippen LogP contribution in [0, 0.1) is 30.1 Å². The number of aromatic amines is 2. The maximum absolute atomic E-state index is 5.48. The van der Waals surface area contributed by atoms with E-state index in [2.05, 4.69) is 263 Å². The number of benzene rings is 4. The van der Waals surface area contributed by atoms with Gasteiger partial charge in [0.25, 0.3) is 0 Å². The second kappa shape index (κ2) is 17.0. The Morgan fingerprint density at radius 1 is 0.371 bits per heavy atom. The number of hydrogen-bond acceptors (Lipinski definition) is 2. The van der Waals surface area contributed by atoms with Crippen LogP contribution >= 0.6 is 45.2 Å². The van der Waals surface area contributed by atoms with Crippen molar-refractivity contribution in [2.75, 3.05) is 0 Å². The van der Waals surface area contributed by atoms with Crippen molar-refractivity contribution in [2.24, 2.45) is 0 Å². The molecule has 8 heteroatoms. The molecule has 0 spiro atoms. The molecule has 0 radical (unpaired) electrons. The van der Waals surface area contributed by atoms with E-state index in [1.807, 2.05) is 0 Å². The summed E-state index contributed by atoms with van der Waals surface area (Å²) in [6.07, 6.45) is 8.60. The monoisotopic (exact) mass is 1060 g/mol. The molecule has 4 nitrogen and oxygen atoms in total. The Morgan fingerprint density at radius 3 is 0.887 bits per heavy atom. The number of nitrogens with one attached hydrogen (secondary N) is 2.